The van der Waals surface area contributed by atoms with E-state index in [1.54, 1.807) is 0 Å². The lowest BCUT2D eigenvalue weighted by atomic mass is 9.96. The van der Waals surface area contributed by atoms with Crippen LogP contribution in [-0.2, 0) is 0 Å². The van der Waals surface area contributed by atoms with Gasteiger partial charge in [-0.25, -0.2) is 0 Å². The second-order valence-electron chi connectivity index (χ2n) is 9.90. The Bertz CT molecular complexity index is 358. The Labute approximate surface area is 192 Å². The van der Waals surface area contributed by atoms with Crippen LogP contribution in [0, 0.1) is 17.8 Å². The first kappa shape index (κ1) is 29.6. The van der Waals surface area contributed by atoms with Gasteiger partial charge in [0.1, 0.15) is 0 Å². The zero-order valence-corrected chi connectivity index (χ0v) is 21.5. The van der Waals surface area contributed by atoms with Gasteiger partial charge in [-0.1, -0.05) is 143 Å². The van der Waals surface area contributed by atoms with Crippen LogP contribution in [0.3, 0.4) is 0 Å². The molecular formula is C30H58. The highest BCUT2D eigenvalue weighted by Gasteiger charge is 2.01. The van der Waals surface area contributed by atoms with Crippen molar-refractivity contribution in [3.8, 4) is 11.8 Å². The Hall–Kier alpha value is -0.440. The van der Waals surface area contributed by atoms with Gasteiger partial charge in [0.25, 0.3) is 0 Å². The van der Waals surface area contributed by atoms with Gasteiger partial charge in [-0.3, -0.25) is 0 Å². The molecule has 0 heteroatoms. The van der Waals surface area contributed by atoms with Gasteiger partial charge in [-0.2, -0.15) is 0 Å². The summed E-state index contributed by atoms with van der Waals surface area (Å²) < 4.78 is 0. The van der Waals surface area contributed by atoms with Gasteiger partial charge in [0.2, 0.25) is 0 Å². The molecule has 0 fully saturated rings. The molecular weight excluding hydrogens is 360 g/mol. The first-order valence-electron chi connectivity index (χ1n) is 14.3. The van der Waals surface area contributed by atoms with Crippen molar-refractivity contribution in [2.75, 3.05) is 0 Å². The predicted octanol–water partition coefficient (Wildman–Crippen LogP) is 11.0. The molecule has 0 saturated heterocycles. The van der Waals surface area contributed by atoms with Crippen LogP contribution in [0.2, 0.25) is 0 Å². The largest absolute Gasteiger partial charge is 0.103 e. The van der Waals surface area contributed by atoms with Crippen molar-refractivity contribution in [2.45, 2.75) is 175 Å². The molecule has 0 aliphatic carbocycles. The summed E-state index contributed by atoms with van der Waals surface area (Å²) in [5.41, 5.74) is 0. The van der Waals surface area contributed by atoms with Crippen molar-refractivity contribution in [3.05, 3.63) is 0 Å². The van der Waals surface area contributed by atoms with Crippen molar-refractivity contribution in [1.29, 1.82) is 0 Å². The number of unbranched alkanes of at least 4 members (excludes halogenated alkanes) is 19. The summed E-state index contributed by atoms with van der Waals surface area (Å²) in [4.78, 5) is 0. The fraction of sp³-hybridized carbons (Fsp3) is 0.933. The van der Waals surface area contributed by atoms with E-state index in [-0.39, 0.29) is 0 Å². The Kier molecular flexibility index (Phi) is 26.2. The molecule has 0 aromatic heterocycles. The normalized spacial score (nSPS) is 12.0. The molecule has 0 amide bonds. The quantitative estimate of drug-likeness (QED) is 0.114. The zero-order chi connectivity index (χ0) is 22.0. The lowest BCUT2D eigenvalue weighted by Crippen LogP contribution is -1.94. The van der Waals surface area contributed by atoms with Crippen molar-refractivity contribution in [1.82, 2.24) is 0 Å². The van der Waals surface area contributed by atoms with Crippen LogP contribution >= 0.6 is 0 Å². The van der Waals surface area contributed by atoms with Gasteiger partial charge in [-0.05, 0) is 25.2 Å². The fourth-order valence-corrected chi connectivity index (χ4v) is 4.36. The monoisotopic (exact) mass is 418 g/mol. The molecule has 0 radical (unpaired) electrons. The number of rotatable bonds is 23. The molecule has 0 aromatic carbocycles. The molecule has 1 atom stereocenters. The second kappa shape index (κ2) is 26.6. The Morgan fingerprint density at radius 3 is 1.20 bits per heavy atom. The molecule has 0 aromatic rings. The topological polar surface area (TPSA) is 0 Å². The van der Waals surface area contributed by atoms with E-state index in [1.807, 2.05) is 0 Å². The molecule has 0 spiro atoms. The molecule has 1 unspecified atom stereocenters. The first-order valence-corrected chi connectivity index (χ1v) is 14.3. The fourth-order valence-electron chi connectivity index (χ4n) is 4.36. The molecule has 0 aliphatic heterocycles. The minimum Gasteiger partial charge on any atom is -0.103 e. The summed E-state index contributed by atoms with van der Waals surface area (Å²) in [7, 11) is 0. The Morgan fingerprint density at radius 1 is 0.400 bits per heavy atom. The summed E-state index contributed by atoms with van der Waals surface area (Å²) in [5.74, 6) is 7.62. The molecule has 30 heavy (non-hydrogen) atoms. The predicted molar refractivity (Wildman–Crippen MR) is 139 cm³/mol. The van der Waals surface area contributed by atoms with Crippen LogP contribution < -0.4 is 0 Å². The third-order valence-corrected chi connectivity index (χ3v) is 6.58. The van der Waals surface area contributed by atoms with Gasteiger partial charge in [0.15, 0.2) is 0 Å². The average molecular weight is 419 g/mol. The van der Waals surface area contributed by atoms with Gasteiger partial charge in [0.05, 0.1) is 0 Å². The molecule has 0 aliphatic rings. The van der Waals surface area contributed by atoms with Crippen LogP contribution in [0.5, 0.6) is 0 Å². The van der Waals surface area contributed by atoms with Gasteiger partial charge in [-0.15, -0.1) is 11.8 Å². The van der Waals surface area contributed by atoms with Crippen molar-refractivity contribution in [2.24, 2.45) is 5.92 Å². The molecule has 0 heterocycles. The summed E-state index contributed by atoms with van der Waals surface area (Å²) >= 11 is 0. The maximum absolute atomic E-state index is 3.37. The van der Waals surface area contributed by atoms with E-state index >= 15 is 0 Å². The maximum Gasteiger partial charge on any atom is 0.00887 e. The van der Waals surface area contributed by atoms with Gasteiger partial charge in [0, 0.05) is 12.8 Å². The highest BCUT2D eigenvalue weighted by atomic mass is 14.1. The van der Waals surface area contributed by atoms with Crippen LogP contribution in [0.1, 0.15) is 175 Å². The van der Waals surface area contributed by atoms with Crippen LogP contribution in [0.15, 0.2) is 0 Å². The van der Waals surface area contributed by atoms with E-state index in [0.717, 1.165) is 18.8 Å². The third kappa shape index (κ3) is 25.6. The summed E-state index contributed by atoms with van der Waals surface area (Å²) in [5, 5.41) is 0. The van der Waals surface area contributed by atoms with Gasteiger partial charge >= 0.3 is 0 Å². The highest BCUT2D eigenvalue weighted by molar-refractivity contribution is 4.98. The molecule has 0 rings (SSSR count). The van der Waals surface area contributed by atoms with Crippen molar-refractivity contribution >= 4 is 0 Å². The lowest BCUT2D eigenvalue weighted by molar-refractivity contribution is 0.445. The number of hydrogen-bond donors (Lipinski definition) is 0. The van der Waals surface area contributed by atoms with E-state index in [9.17, 15) is 0 Å². The standard InChI is InChI=1S/C30H58/c1-4-6-8-10-12-14-15-16-17-18-19-20-21-23-25-27-29-30(3)28-26-24-22-13-11-9-7-5-2/h30H,4-12,14-21,23-29H2,1-3H3. The van der Waals surface area contributed by atoms with E-state index in [2.05, 4.69) is 32.6 Å². The highest BCUT2D eigenvalue weighted by Crippen LogP contribution is 2.18. The van der Waals surface area contributed by atoms with E-state index < -0.39 is 0 Å². The smallest absolute Gasteiger partial charge is 0.00887 e. The third-order valence-electron chi connectivity index (χ3n) is 6.58. The van der Waals surface area contributed by atoms with Crippen molar-refractivity contribution in [3.63, 3.8) is 0 Å². The molecule has 0 bridgehead atoms. The molecule has 178 valence electrons. The summed E-state index contributed by atoms with van der Waals surface area (Å²) in [6, 6.07) is 0. The summed E-state index contributed by atoms with van der Waals surface area (Å²) in [6.07, 6.45) is 33.7. The maximum atomic E-state index is 3.37. The second-order valence-corrected chi connectivity index (χ2v) is 9.90. The van der Waals surface area contributed by atoms with E-state index in [1.165, 1.54) is 141 Å². The lowest BCUT2D eigenvalue weighted by Gasteiger charge is -2.10. The molecule has 0 N–H and O–H groups in total. The molecule has 0 saturated carbocycles. The molecule has 0 nitrogen and oxygen atoms in total. The van der Waals surface area contributed by atoms with Crippen molar-refractivity contribution < 1.29 is 0 Å². The zero-order valence-electron chi connectivity index (χ0n) is 21.5. The Balaban J connectivity index is 3.17. The minimum absolute atomic E-state index is 0.901. The first-order chi connectivity index (χ1) is 14.8. The van der Waals surface area contributed by atoms with Gasteiger partial charge < -0.3 is 0 Å². The SMILES string of the molecule is CCCCCC#CCCCC(C)CCCCCCCCCCCCCCCCCC. The van der Waals surface area contributed by atoms with E-state index in [4.69, 9.17) is 0 Å². The summed E-state index contributed by atoms with van der Waals surface area (Å²) in [6.45, 7) is 7.00. The van der Waals surface area contributed by atoms with E-state index in [0.29, 0.717) is 0 Å². The van der Waals surface area contributed by atoms with Crippen LogP contribution in [-0.4, -0.2) is 0 Å². The number of hydrogen-bond acceptors (Lipinski definition) is 0. The minimum atomic E-state index is 0.901. The van der Waals surface area contributed by atoms with Crippen LogP contribution in [0.25, 0.3) is 0 Å². The Morgan fingerprint density at radius 2 is 0.733 bits per heavy atom. The van der Waals surface area contributed by atoms with Crippen LogP contribution in [0.4, 0.5) is 0 Å². The average Bonchev–Trinajstić information content (AvgIpc) is 2.75.